The summed E-state index contributed by atoms with van der Waals surface area (Å²) in [6, 6.07) is 6.83. The van der Waals surface area contributed by atoms with Gasteiger partial charge in [0.15, 0.2) is 0 Å². The molecule has 3 aliphatic rings. The molecule has 1 heterocycles. The molecule has 0 saturated heterocycles. The van der Waals surface area contributed by atoms with E-state index < -0.39 is 0 Å². The van der Waals surface area contributed by atoms with Crippen molar-refractivity contribution in [3.63, 3.8) is 0 Å². The summed E-state index contributed by atoms with van der Waals surface area (Å²) in [5.41, 5.74) is 3.95. The van der Waals surface area contributed by atoms with Crippen LogP contribution in [0.4, 0.5) is 0 Å². The second kappa shape index (κ2) is 2.64. The second-order valence-electron chi connectivity index (χ2n) is 6.12. The van der Waals surface area contributed by atoms with Gasteiger partial charge in [0.1, 0.15) is 5.75 Å². The molecule has 0 radical (unpaired) electrons. The molecule has 0 N–H and O–H groups in total. The molecule has 1 aromatic rings. The molecule has 1 nitrogen and oxygen atoms in total. The van der Waals surface area contributed by atoms with E-state index in [2.05, 4.69) is 25.1 Å². The molecule has 0 bridgehead atoms. The maximum absolute atomic E-state index is 6.00. The Bertz CT molecular complexity index is 438. The van der Waals surface area contributed by atoms with Crippen LogP contribution in [0.5, 0.6) is 5.75 Å². The Morgan fingerprint density at radius 1 is 1.00 bits per heavy atom. The predicted octanol–water partition coefficient (Wildman–Crippen LogP) is 3.55. The van der Waals surface area contributed by atoms with Crippen LogP contribution < -0.4 is 4.74 Å². The van der Waals surface area contributed by atoms with Crippen molar-refractivity contribution in [2.45, 2.75) is 49.9 Å². The number of rotatable bonds is 1. The minimum Gasteiger partial charge on any atom is -0.493 e. The van der Waals surface area contributed by atoms with Gasteiger partial charge in [-0.3, -0.25) is 0 Å². The Labute approximate surface area is 96.8 Å². The molecule has 16 heavy (non-hydrogen) atoms. The summed E-state index contributed by atoms with van der Waals surface area (Å²) >= 11 is 0. The van der Waals surface area contributed by atoms with E-state index in [9.17, 15) is 0 Å². The maximum atomic E-state index is 6.00. The van der Waals surface area contributed by atoms with Crippen molar-refractivity contribution in [3.8, 4) is 5.75 Å². The van der Waals surface area contributed by atoms with Crippen LogP contribution in [0.3, 0.4) is 0 Å². The molecule has 1 heteroatoms. The molecule has 2 saturated carbocycles. The molecular weight excluding hydrogens is 196 g/mol. The minimum atomic E-state index is 0.429. The summed E-state index contributed by atoms with van der Waals surface area (Å²) in [5, 5.41) is 0. The van der Waals surface area contributed by atoms with Gasteiger partial charge in [0.2, 0.25) is 0 Å². The number of fused-ring (bicyclic) bond motifs is 2. The fourth-order valence-corrected chi connectivity index (χ4v) is 3.20. The van der Waals surface area contributed by atoms with Crippen LogP contribution in [0.1, 0.15) is 50.2 Å². The van der Waals surface area contributed by atoms with E-state index in [1.807, 2.05) is 0 Å². The van der Waals surface area contributed by atoms with Crippen LogP contribution in [0.15, 0.2) is 18.2 Å². The monoisotopic (exact) mass is 214 g/mol. The van der Waals surface area contributed by atoms with Gasteiger partial charge in [-0.1, -0.05) is 25.1 Å². The molecule has 0 aromatic heterocycles. The molecule has 0 unspecified atom stereocenters. The first-order chi connectivity index (χ1) is 7.74. The first-order valence-corrected chi connectivity index (χ1v) is 6.50. The first-order valence-electron chi connectivity index (χ1n) is 6.50. The molecule has 1 aliphatic heterocycles. The van der Waals surface area contributed by atoms with Crippen molar-refractivity contribution in [2.75, 3.05) is 6.61 Å². The molecular formula is C15H18O. The SMILES string of the molecule is CC1(c2cccc3c2OCCC32CC2)CC1. The number of ether oxygens (including phenoxy) is 1. The van der Waals surface area contributed by atoms with E-state index >= 15 is 0 Å². The molecule has 2 aliphatic carbocycles. The van der Waals surface area contributed by atoms with E-state index in [0.29, 0.717) is 10.8 Å². The van der Waals surface area contributed by atoms with E-state index in [4.69, 9.17) is 4.74 Å². The fourth-order valence-electron chi connectivity index (χ4n) is 3.20. The highest BCUT2D eigenvalue weighted by molar-refractivity contribution is 5.53. The van der Waals surface area contributed by atoms with Gasteiger partial charge >= 0.3 is 0 Å². The van der Waals surface area contributed by atoms with Crippen LogP contribution in [-0.4, -0.2) is 6.61 Å². The molecule has 2 fully saturated rings. The quantitative estimate of drug-likeness (QED) is 0.694. The third-order valence-electron chi connectivity index (χ3n) is 4.92. The van der Waals surface area contributed by atoms with Crippen LogP contribution in [0.2, 0.25) is 0 Å². The molecule has 4 rings (SSSR count). The smallest absolute Gasteiger partial charge is 0.126 e. The molecule has 1 aromatic carbocycles. The highest BCUT2D eigenvalue weighted by Crippen LogP contribution is 2.59. The largest absolute Gasteiger partial charge is 0.493 e. The minimum absolute atomic E-state index is 0.429. The predicted molar refractivity (Wildman–Crippen MR) is 64.1 cm³/mol. The Hall–Kier alpha value is -0.980. The van der Waals surface area contributed by atoms with Gasteiger partial charge in [0.05, 0.1) is 6.61 Å². The second-order valence-corrected chi connectivity index (χ2v) is 6.12. The molecule has 0 atom stereocenters. The normalized spacial score (nSPS) is 27.1. The lowest BCUT2D eigenvalue weighted by Gasteiger charge is -2.29. The lowest BCUT2D eigenvalue weighted by Crippen LogP contribution is -2.22. The Balaban J connectivity index is 1.90. The van der Waals surface area contributed by atoms with Crippen molar-refractivity contribution in [1.82, 2.24) is 0 Å². The van der Waals surface area contributed by atoms with Crippen molar-refractivity contribution >= 4 is 0 Å². The lowest BCUT2D eigenvalue weighted by molar-refractivity contribution is 0.256. The zero-order chi connectivity index (χ0) is 10.8. The van der Waals surface area contributed by atoms with Crippen molar-refractivity contribution < 1.29 is 4.74 Å². The van der Waals surface area contributed by atoms with E-state index in [1.54, 1.807) is 0 Å². The summed E-state index contributed by atoms with van der Waals surface area (Å²) < 4.78 is 6.00. The third kappa shape index (κ3) is 1.07. The molecule has 0 amide bonds. The van der Waals surface area contributed by atoms with Crippen LogP contribution in [0, 0.1) is 0 Å². The standard InChI is InChI=1S/C15H18O/c1-14(5-6-14)11-3-2-4-12-13(11)16-10-9-15(12)7-8-15/h2-4H,5-10H2,1H3. The summed E-state index contributed by atoms with van der Waals surface area (Å²) in [4.78, 5) is 0. The van der Waals surface area contributed by atoms with E-state index in [-0.39, 0.29) is 0 Å². The molecule has 1 spiro atoms. The average molecular weight is 214 g/mol. The maximum Gasteiger partial charge on any atom is 0.126 e. The summed E-state index contributed by atoms with van der Waals surface area (Å²) in [5.74, 6) is 1.26. The van der Waals surface area contributed by atoms with E-state index in [0.717, 1.165) is 6.61 Å². The fraction of sp³-hybridized carbons (Fsp3) is 0.600. The topological polar surface area (TPSA) is 9.23 Å². The Morgan fingerprint density at radius 2 is 1.75 bits per heavy atom. The highest BCUT2D eigenvalue weighted by atomic mass is 16.5. The van der Waals surface area contributed by atoms with Crippen LogP contribution in [-0.2, 0) is 10.8 Å². The average Bonchev–Trinajstić information content (AvgIpc) is 3.20. The van der Waals surface area contributed by atoms with Crippen molar-refractivity contribution in [2.24, 2.45) is 0 Å². The molecule has 84 valence electrons. The number of hydrogen-bond donors (Lipinski definition) is 0. The lowest BCUT2D eigenvalue weighted by atomic mass is 9.85. The van der Waals surface area contributed by atoms with Gasteiger partial charge in [-0.25, -0.2) is 0 Å². The van der Waals surface area contributed by atoms with E-state index in [1.165, 1.54) is 49.0 Å². The summed E-state index contributed by atoms with van der Waals surface area (Å²) in [6.07, 6.45) is 6.66. The number of benzene rings is 1. The Kier molecular flexibility index (Phi) is 1.50. The van der Waals surface area contributed by atoms with Gasteiger partial charge in [0, 0.05) is 16.5 Å². The van der Waals surface area contributed by atoms with Crippen molar-refractivity contribution in [3.05, 3.63) is 29.3 Å². The van der Waals surface area contributed by atoms with Crippen LogP contribution >= 0.6 is 0 Å². The van der Waals surface area contributed by atoms with Gasteiger partial charge in [-0.2, -0.15) is 0 Å². The zero-order valence-corrected chi connectivity index (χ0v) is 9.88. The summed E-state index contributed by atoms with van der Waals surface area (Å²) in [6.45, 7) is 3.31. The highest BCUT2D eigenvalue weighted by Gasteiger charge is 2.50. The number of hydrogen-bond acceptors (Lipinski definition) is 1. The van der Waals surface area contributed by atoms with Gasteiger partial charge < -0.3 is 4.74 Å². The Morgan fingerprint density at radius 3 is 2.44 bits per heavy atom. The van der Waals surface area contributed by atoms with Gasteiger partial charge in [-0.15, -0.1) is 0 Å². The first kappa shape index (κ1) is 9.09. The van der Waals surface area contributed by atoms with Crippen LogP contribution in [0.25, 0.3) is 0 Å². The summed E-state index contributed by atoms with van der Waals surface area (Å²) in [7, 11) is 0. The van der Waals surface area contributed by atoms with Crippen molar-refractivity contribution in [1.29, 1.82) is 0 Å². The van der Waals surface area contributed by atoms with Gasteiger partial charge in [0.25, 0.3) is 0 Å². The van der Waals surface area contributed by atoms with Gasteiger partial charge in [-0.05, 0) is 37.5 Å². The zero-order valence-electron chi connectivity index (χ0n) is 9.88. The third-order valence-corrected chi connectivity index (χ3v) is 4.92. The number of para-hydroxylation sites is 1.